The normalized spacial score (nSPS) is 13.3. The summed E-state index contributed by atoms with van der Waals surface area (Å²) in [6.07, 6.45) is 1.77. The van der Waals surface area contributed by atoms with Gasteiger partial charge in [-0.15, -0.1) is 0 Å². The Kier molecular flexibility index (Phi) is 4.30. The van der Waals surface area contributed by atoms with Gasteiger partial charge in [0.15, 0.2) is 0 Å². The van der Waals surface area contributed by atoms with E-state index in [2.05, 4.69) is 4.99 Å². The monoisotopic (exact) mass is 199 g/mol. The van der Waals surface area contributed by atoms with Gasteiger partial charge in [-0.1, -0.05) is 20.8 Å². The second kappa shape index (κ2) is 4.58. The summed E-state index contributed by atoms with van der Waals surface area (Å²) in [6, 6.07) is 0. The summed E-state index contributed by atoms with van der Waals surface area (Å²) >= 11 is 0. The molecule has 0 aromatic heterocycles. The van der Waals surface area contributed by atoms with Gasteiger partial charge in [-0.3, -0.25) is 9.79 Å². The fraction of sp³-hybridized carbons (Fsp3) is 0.818. The van der Waals surface area contributed by atoms with E-state index in [1.54, 1.807) is 6.21 Å². The molecule has 0 fully saturated rings. The molecule has 0 amide bonds. The molecule has 0 aliphatic carbocycles. The minimum Gasteiger partial charge on any atom is -0.459 e. The molecule has 0 aromatic carbocycles. The zero-order valence-corrected chi connectivity index (χ0v) is 10.0. The third-order valence-corrected chi connectivity index (χ3v) is 1.12. The van der Waals surface area contributed by atoms with Crippen molar-refractivity contribution in [2.45, 2.75) is 47.1 Å². The number of rotatable bonds is 2. The first kappa shape index (κ1) is 13.1. The second-order valence-electron chi connectivity index (χ2n) is 5.42. The summed E-state index contributed by atoms with van der Waals surface area (Å²) in [5.41, 5.74) is -0.406. The number of aliphatic imine (C=N–C) groups is 1. The van der Waals surface area contributed by atoms with Gasteiger partial charge < -0.3 is 4.74 Å². The summed E-state index contributed by atoms with van der Waals surface area (Å²) in [6.45, 7) is 11.7. The summed E-state index contributed by atoms with van der Waals surface area (Å²) in [5.74, 6) is -0.280. The Morgan fingerprint density at radius 2 is 1.71 bits per heavy atom. The lowest BCUT2D eigenvalue weighted by Gasteiger charge is -2.18. The third-order valence-electron chi connectivity index (χ3n) is 1.12. The van der Waals surface area contributed by atoms with Gasteiger partial charge in [0.1, 0.15) is 12.1 Å². The molecule has 0 aromatic rings. The van der Waals surface area contributed by atoms with E-state index in [1.165, 1.54) is 0 Å². The largest absolute Gasteiger partial charge is 0.459 e. The van der Waals surface area contributed by atoms with Gasteiger partial charge in [-0.05, 0) is 26.2 Å². The Labute approximate surface area is 86.6 Å². The van der Waals surface area contributed by atoms with Gasteiger partial charge in [0.25, 0.3) is 0 Å². The Hall–Kier alpha value is -0.860. The Morgan fingerprint density at radius 3 is 2.07 bits per heavy atom. The van der Waals surface area contributed by atoms with Crippen molar-refractivity contribution in [2.24, 2.45) is 10.4 Å². The Balaban J connectivity index is 3.93. The van der Waals surface area contributed by atoms with Crippen molar-refractivity contribution in [1.29, 1.82) is 0 Å². The zero-order valence-electron chi connectivity index (χ0n) is 10.0. The van der Waals surface area contributed by atoms with E-state index in [0.29, 0.717) is 0 Å². The number of hydrogen-bond donors (Lipinski definition) is 0. The highest BCUT2D eigenvalue weighted by Crippen LogP contribution is 2.09. The summed E-state index contributed by atoms with van der Waals surface area (Å²) in [4.78, 5) is 15.2. The molecule has 14 heavy (non-hydrogen) atoms. The van der Waals surface area contributed by atoms with Crippen molar-refractivity contribution < 1.29 is 9.53 Å². The second-order valence-corrected chi connectivity index (χ2v) is 5.42. The van der Waals surface area contributed by atoms with E-state index in [9.17, 15) is 4.79 Å². The van der Waals surface area contributed by atoms with Crippen molar-refractivity contribution in [3.63, 3.8) is 0 Å². The quantitative estimate of drug-likeness (QED) is 0.506. The molecule has 0 unspecified atom stereocenters. The molecule has 0 saturated carbocycles. The minimum atomic E-state index is -0.422. The fourth-order valence-electron chi connectivity index (χ4n) is 0.768. The maximum absolute atomic E-state index is 11.2. The Morgan fingerprint density at radius 1 is 1.21 bits per heavy atom. The highest BCUT2D eigenvalue weighted by Gasteiger charge is 2.15. The van der Waals surface area contributed by atoms with Crippen molar-refractivity contribution in [3.05, 3.63) is 0 Å². The molecule has 0 rings (SSSR count). The maximum atomic E-state index is 11.2. The van der Waals surface area contributed by atoms with Crippen LogP contribution in [0.1, 0.15) is 41.5 Å². The van der Waals surface area contributed by atoms with E-state index in [0.717, 1.165) is 0 Å². The summed E-state index contributed by atoms with van der Waals surface area (Å²) in [5, 5.41) is 0. The van der Waals surface area contributed by atoms with E-state index in [4.69, 9.17) is 4.74 Å². The zero-order chi connectivity index (χ0) is 11.4. The van der Waals surface area contributed by atoms with E-state index >= 15 is 0 Å². The molecule has 0 bridgehead atoms. The first-order valence-corrected chi connectivity index (χ1v) is 4.83. The van der Waals surface area contributed by atoms with Crippen molar-refractivity contribution in [1.82, 2.24) is 0 Å². The van der Waals surface area contributed by atoms with Crippen LogP contribution < -0.4 is 0 Å². The number of nitrogens with zero attached hydrogens (tertiary/aromatic N) is 1. The predicted octanol–water partition coefficient (Wildman–Crippen LogP) is 2.45. The molecule has 3 heteroatoms. The number of hydrogen-bond acceptors (Lipinski definition) is 3. The average Bonchev–Trinajstić information content (AvgIpc) is 1.78. The van der Waals surface area contributed by atoms with Gasteiger partial charge in [0.2, 0.25) is 0 Å². The van der Waals surface area contributed by atoms with Gasteiger partial charge in [-0.25, -0.2) is 0 Å². The molecule has 0 atom stereocenters. The Bertz CT molecular complexity index is 218. The van der Waals surface area contributed by atoms with Gasteiger partial charge in [0, 0.05) is 6.21 Å². The maximum Gasteiger partial charge on any atom is 0.328 e. The molecule has 82 valence electrons. The van der Waals surface area contributed by atoms with Crippen LogP contribution in [0.15, 0.2) is 4.99 Å². The molecule has 0 aliphatic heterocycles. The molecule has 0 spiro atoms. The van der Waals surface area contributed by atoms with Gasteiger partial charge in [-0.2, -0.15) is 0 Å². The van der Waals surface area contributed by atoms with Crippen LogP contribution in [0.3, 0.4) is 0 Å². The predicted molar refractivity (Wildman–Crippen MR) is 58.7 cm³/mol. The number of esters is 1. The lowest BCUT2D eigenvalue weighted by atomic mass is 9.99. The van der Waals surface area contributed by atoms with E-state index in [1.807, 2.05) is 41.5 Å². The third kappa shape index (κ3) is 9.23. The van der Waals surface area contributed by atoms with Crippen LogP contribution in [0.2, 0.25) is 0 Å². The molecule has 0 heterocycles. The van der Waals surface area contributed by atoms with Gasteiger partial charge in [0.05, 0.1) is 0 Å². The summed E-state index contributed by atoms with van der Waals surface area (Å²) in [7, 11) is 0. The van der Waals surface area contributed by atoms with Crippen LogP contribution in [-0.2, 0) is 9.53 Å². The lowest BCUT2D eigenvalue weighted by Crippen LogP contribution is -2.25. The molecule has 0 aliphatic rings. The van der Waals surface area contributed by atoms with Crippen molar-refractivity contribution >= 4 is 12.2 Å². The van der Waals surface area contributed by atoms with Crippen LogP contribution in [0.25, 0.3) is 0 Å². The standard InChI is InChI=1S/C11H21NO2/c1-10(2,3)8-12-7-9(13)14-11(4,5)6/h8H,7H2,1-6H3/b12-8+. The molecule has 0 saturated heterocycles. The molecule has 0 radical (unpaired) electrons. The number of carbonyl (C=O) groups is 1. The van der Waals surface area contributed by atoms with E-state index in [-0.39, 0.29) is 17.9 Å². The molecular weight excluding hydrogens is 178 g/mol. The van der Waals surface area contributed by atoms with Crippen molar-refractivity contribution in [3.8, 4) is 0 Å². The fourth-order valence-corrected chi connectivity index (χ4v) is 0.768. The van der Waals surface area contributed by atoms with Crippen LogP contribution in [0.5, 0.6) is 0 Å². The number of carbonyl (C=O) groups excluding carboxylic acids is 1. The summed E-state index contributed by atoms with van der Waals surface area (Å²) < 4.78 is 5.10. The molecule has 3 nitrogen and oxygen atoms in total. The van der Waals surface area contributed by atoms with Gasteiger partial charge >= 0.3 is 5.97 Å². The SMILES string of the molecule is CC(C)(C)/C=N/CC(=O)OC(C)(C)C. The molecule has 0 N–H and O–H groups in total. The highest BCUT2D eigenvalue weighted by atomic mass is 16.6. The first-order valence-electron chi connectivity index (χ1n) is 4.83. The lowest BCUT2D eigenvalue weighted by molar-refractivity contribution is -0.152. The smallest absolute Gasteiger partial charge is 0.328 e. The highest BCUT2D eigenvalue weighted by molar-refractivity contribution is 5.75. The van der Waals surface area contributed by atoms with Crippen LogP contribution in [0, 0.1) is 5.41 Å². The first-order chi connectivity index (χ1) is 6.10. The van der Waals surface area contributed by atoms with Crippen molar-refractivity contribution in [2.75, 3.05) is 6.54 Å². The molecular formula is C11H21NO2. The minimum absolute atomic E-state index is 0.0159. The average molecular weight is 199 g/mol. The topological polar surface area (TPSA) is 38.7 Å². The number of ether oxygens (including phenoxy) is 1. The van der Waals surface area contributed by atoms with E-state index < -0.39 is 5.60 Å². The van der Waals surface area contributed by atoms with Crippen LogP contribution in [0.4, 0.5) is 0 Å². The van der Waals surface area contributed by atoms with Crippen LogP contribution in [-0.4, -0.2) is 24.3 Å². The van der Waals surface area contributed by atoms with Crippen LogP contribution >= 0.6 is 0 Å².